The molecule has 0 amide bonds. The highest BCUT2D eigenvalue weighted by Crippen LogP contribution is 2.29. The molecule has 1 aliphatic heterocycles. The van der Waals surface area contributed by atoms with Crippen LogP contribution in [-0.4, -0.2) is 82.3 Å². The van der Waals surface area contributed by atoms with Crippen LogP contribution in [0.3, 0.4) is 0 Å². The van der Waals surface area contributed by atoms with Crippen molar-refractivity contribution in [3.8, 4) is 0 Å². The number of nitrogens with zero attached hydrogens (tertiary/aromatic N) is 2. The monoisotopic (exact) mass is 404 g/mol. The van der Waals surface area contributed by atoms with E-state index in [0.29, 0.717) is 32.0 Å². The summed E-state index contributed by atoms with van der Waals surface area (Å²) in [5.74, 6) is 0.697. The van der Waals surface area contributed by atoms with Crippen LogP contribution < -0.4 is 10.6 Å². The fourth-order valence-corrected chi connectivity index (χ4v) is 4.61. The molecule has 0 aromatic heterocycles. The van der Waals surface area contributed by atoms with Crippen LogP contribution in [0.1, 0.15) is 53.4 Å². The van der Waals surface area contributed by atoms with Crippen molar-refractivity contribution in [3.05, 3.63) is 0 Å². The zero-order chi connectivity index (χ0) is 20.3. The molecule has 0 radical (unpaired) electrons. The lowest BCUT2D eigenvalue weighted by Gasteiger charge is -2.34. The molecule has 160 valence electrons. The minimum Gasteiger partial charge on any atom is -0.381 e. The van der Waals surface area contributed by atoms with Crippen molar-refractivity contribution < 1.29 is 13.2 Å². The fraction of sp³-hybridized carbons (Fsp3) is 0.947. The molecule has 8 heteroatoms. The normalized spacial score (nSPS) is 19.1. The maximum atomic E-state index is 12.4. The summed E-state index contributed by atoms with van der Waals surface area (Å²) >= 11 is 0. The summed E-state index contributed by atoms with van der Waals surface area (Å²) in [4.78, 5) is 7.06. The number of hydrogen-bond donors (Lipinski definition) is 2. The van der Waals surface area contributed by atoms with Crippen molar-refractivity contribution in [1.29, 1.82) is 0 Å². The Labute approximate surface area is 166 Å². The summed E-state index contributed by atoms with van der Waals surface area (Å²) in [6, 6.07) is 0.280. The minimum absolute atomic E-state index is 0.274. The molecule has 0 aromatic carbocycles. The van der Waals surface area contributed by atoms with Gasteiger partial charge in [-0.1, -0.05) is 13.8 Å². The maximum absolute atomic E-state index is 12.4. The van der Waals surface area contributed by atoms with Crippen molar-refractivity contribution in [2.75, 3.05) is 52.2 Å². The van der Waals surface area contributed by atoms with Gasteiger partial charge in [0.15, 0.2) is 15.8 Å². The fourth-order valence-electron chi connectivity index (χ4n) is 3.40. The highest BCUT2D eigenvalue weighted by molar-refractivity contribution is 7.92. The second kappa shape index (κ2) is 11.9. The Morgan fingerprint density at radius 1 is 1.22 bits per heavy atom. The quantitative estimate of drug-likeness (QED) is 0.402. The SMILES string of the molecule is CCNC(=NCC1(S(C)(=O)=O)CCOCC1)NC(C)CCCN(CC)CC. The zero-order valence-electron chi connectivity index (χ0n) is 17.9. The topological polar surface area (TPSA) is 83.0 Å². The molecule has 1 aliphatic rings. The third kappa shape index (κ3) is 7.95. The van der Waals surface area contributed by atoms with E-state index in [4.69, 9.17) is 4.74 Å². The molecule has 0 bridgehead atoms. The van der Waals surface area contributed by atoms with Gasteiger partial charge in [0.25, 0.3) is 0 Å². The van der Waals surface area contributed by atoms with E-state index in [1.54, 1.807) is 0 Å². The van der Waals surface area contributed by atoms with E-state index in [-0.39, 0.29) is 12.6 Å². The highest BCUT2D eigenvalue weighted by Gasteiger charge is 2.42. The Kier molecular flexibility index (Phi) is 10.6. The van der Waals surface area contributed by atoms with Gasteiger partial charge < -0.3 is 20.3 Å². The number of sulfone groups is 1. The first kappa shape index (κ1) is 24.2. The van der Waals surface area contributed by atoms with Crippen molar-refractivity contribution in [2.24, 2.45) is 4.99 Å². The van der Waals surface area contributed by atoms with Crippen LogP contribution in [0.5, 0.6) is 0 Å². The molecule has 7 nitrogen and oxygen atoms in total. The number of nitrogens with one attached hydrogen (secondary N) is 2. The number of aliphatic imine (C=N–C) groups is 1. The van der Waals surface area contributed by atoms with Crippen LogP contribution in [0.2, 0.25) is 0 Å². The van der Waals surface area contributed by atoms with Gasteiger partial charge in [-0.3, -0.25) is 4.99 Å². The van der Waals surface area contributed by atoms with Gasteiger partial charge >= 0.3 is 0 Å². The lowest BCUT2D eigenvalue weighted by atomic mass is 9.99. The first-order valence-electron chi connectivity index (χ1n) is 10.3. The first-order valence-corrected chi connectivity index (χ1v) is 12.2. The lowest BCUT2D eigenvalue weighted by Crippen LogP contribution is -2.48. The standard InChI is InChI=1S/C19H40N4O3S/c1-6-20-18(22-17(4)10-9-13-23(7-2)8-3)21-16-19(27(5,24)25)11-14-26-15-12-19/h17H,6-16H2,1-5H3,(H2,20,21,22). The van der Waals surface area contributed by atoms with Gasteiger partial charge in [0.2, 0.25) is 0 Å². The number of hydrogen-bond acceptors (Lipinski definition) is 5. The molecular formula is C19H40N4O3S. The van der Waals surface area contributed by atoms with Crippen molar-refractivity contribution in [1.82, 2.24) is 15.5 Å². The number of guanidine groups is 1. The van der Waals surface area contributed by atoms with Gasteiger partial charge in [-0.05, 0) is 59.2 Å². The van der Waals surface area contributed by atoms with Gasteiger partial charge in [-0.25, -0.2) is 8.42 Å². The van der Waals surface area contributed by atoms with Crippen LogP contribution in [0.15, 0.2) is 4.99 Å². The predicted molar refractivity (Wildman–Crippen MR) is 113 cm³/mol. The summed E-state index contributed by atoms with van der Waals surface area (Å²) in [6.07, 6.45) is 4.51. The van der Waals surface area contributed by atoms with Crippen LogP contribution in [0.25, 0.3) is 0 Å². The highest BCUT2D eigenvalue weighted by atomic mass is 32.2. The average Bonchev–Trinajstić information content (AvgIpc) is 2.63. The second-order valence-corrected chi connectivity index (χ2v) is 9.89. The van der Waals surface area contributed by atoms with Crippen LogP contribution >= 0.6 is 0 Å². The average molecular weight is 405 g/mol. The Hall–Kier alpha value is -0.860. The third-order valence-electron chi connectivity index (χ3n) is 5.45. The van der Waals surface area contributed by atoms with Gasteiger partial charge in [0, 0.05) is 32.1 Å². The van der Waals surface area contributed by atoms with Crippen molar-refractivity contribution in [3.63, 3.8) is 0 Å². The number of ether oxygens (including phenoxy) is 1. The van der Waals surface area contributed by atoms with E-state index in [1.807, 2.05) is 6.92 Å². The Morgan fingerprint density at radius 2 is 1.85 bits per heavy atom. The predicted octanol–water partition coefficient (Wildman–Crippen LogP) is 1.65. The van der Waals surface area contributed by atoms with E-state index >= 15 is 0 Å². The Bertz CT molecular complexity index is 541. The summed E-state index contributed by atoms with van der Waals surface area (Å²) in [5.41, 5.74) is 0. The molecule has 0 aliphatic carbocycles. The molecule has 1 rings (SSSR count). The first-order chi connectivity index (χ1) is 12.8. The van der Waals surface area contributed by atoms with E-state index in [0.717, 1.165) is 39.0 Å². The third-order valence-corrected chi connectivity index (χ3v) is 7.56. The van der Waals surface area contributed by atoms with Crippen molar-refractivity contribution >= 4 is 15.8 Å². The maximum Gasteiger partial charge on any atom is 0.191 e. The van der Waals surface area contributed by atoms with Crippen LogP contribution in [0, 0.1) is 0 Å². The largest absolute Gasteiger partial charge is 0.381 e. The van der Waals surface area contributed by atoms with Gasteiger partial charge in [-0.2, -0.15) is 0 Å². The number of rotatable bonds is 11. The molecule has 27 heavy (non-hydrogen) atoms. The summed E-state index contributed by atoms with van der Waals surface area (Å²) in [6.45, 7) is 13.8. The van der Waals surface area contributed by atoms with E-state index in [9.17, 15) is 8.42 Å². The molecule has 2 N–H and O–H groups in total. The molecule has 0 aromatic rings. The minimum atomic E-state index is -3.20. The van der Waals surface area contributed by atoms with E-state index in [2.05, 4.69) is 41.3 Å². The summed E-state index contributed by atoms with van der Waals surface area (Å²) < 4.78 is 29.4. The molecule has 0 spiro atoms. The zero-order valence-corrected chi connectivity index (χ0v) is 18.7. The molecule has 1 atom stereocenters. The van der Waals surface area contributed by atoms with E-state index in [1.165, 1.54) is 6.26 Å². The van der Waals surface area contributed by atoms with Crippen LogP contribution in [0.4, 0.5) is 0 Å². The molecule has 1 fully saturated rings. The van der Waals surface area contributed by atoms with Crippen LogP contribution in [-0.2, 0) is 14.6 Å². The Balaban J connectivity index is 2.67. The summed E-state index contributed by atoms with van der Waals surface area (Å²) in [7, 11) is -3.20. The van der Waals surface area contributed by atoms with Gasteiger partial charge in [-0.15, -0.1) is 0 Å². The lowest BCUT2D eigenvalue weighted by molar-refractivity contribution is 0.0768. The van der Waals surface area contributed by atoms with Gasteiger partial charge in [0.05, 0.1) is 11.3 Å². The Morgan fingerprint density at radius 3 is 2.37 bits per heavy atom. The molecular weight excluding hydrogens is 364 g/mol. The molecule has 1 unspecified atom stereocenters. The van der Waals surface area contributed by atoms with Crippen molar-refractivity contribution in [2.45, 2.75) is 64.2 Å². The molecule has 0 saturated carbocycles. The molecule has 1 saturated heterocycles. The summed E-state index contributed by atoms with van der Waals surface area (Å²) in [5, 5.41) is 6.68. The van der Waals surface area contributed by atoms with Gasteiger partial charge in [0.1, 0.15) is 0 Å². The second-order valence-electron chi connectivity index (χ2n) is 7.48. The molecule has 1 heterocycles. The smallest absolute Gasteiger partial charge is 0.191 e. The van der Waals surface area contributed by atoms with E-state index < -0.39 is 14.6 Å².